The highest BCUT2D eigenvalue weighted by Crippen LogP contribution is 2.20. The number of H-pyrrole nitrogens is 1. The summed E-state index contributed by atoms with van der Waals surface area (Å²) in [5.41, 5.74) is 2.83. The van der Waals surface area contributed by atoms with Crippen molar-refractivity contribution in [1.82, 2.24) is 36.2 Å². The fraction of sp³-hybridized carbons (Fsp3) is 0.355. The molecule has 224 valence electrons. The zero-order chi connectivity index (χ0) is 30.3. The number of aromatic nitrogens is 3. The van der Waals surface area contributed by atoms with E-state index in [0.717, 1.165) is 11.1 Å². The van der Waals surface area contributed by atoms with E-state index in [-0.39, 0.29) is 17.5 Å². The first kappa shape index (κ1) is 29.5. The lowest BCUT2D eigenvalue weighted by Crippen LogP contribution is -2.56. The van der Waals surface area contributed by atoms with Gasteiger partial charge in [-0.3, -0.25) is 19.2 Å². The zero-order valence-electron chi connectivity index (χ0n) is 24.1. The molecule has 4 aromatic rings. The maximum atomic E-state index is 13.7. The molecule has 0 saturated heterocycles. The minimum atomic E-state index is -0.908. The molecule has 2 aromatic heterocycles. The van der Waals surface area contributed by atoms with E-state index in [1.165, 1.54) is 6.26 Å². The number of nitrogens with one attached hydrogen (secondary N) is 5. The smallest absolute Gasteiger partial charge is 0.273 e. The van der Waals surface area contributed by atoms with Crippen molar-refractivity contribution in [2.75, 3.05) is 6.54 Å². The minimum absolute atomic E-state index is 0.113. The normalized spacial score (nSPS) is 20.3. The van der Waals surface area contributed by atoms with Crippen molar-refractivity contribution in [2.45, 2.75) is 57.7 Å². The van der Waals surface area contributed by atoms with Crippen LogP contribution in [0.1, 0.15) is 71.5 Å². The standard InChI is InChI=1S/C31H35N7O5/c1-18(2)26-30(42)36-24(14-19-8-4-3-5-9-19)31-37-25(16-43-31)28(40)32-13-7-6-10-22(29(41)38-26)35-27(39)20-11-12-21-23(15-20)34-17-33-21/h3-5,8-9,11-12,15-18,22,24,26H,6-7,10,13-14H2,1-2H3,(H,32,40)(H,33,34)(H,35,39)(H,36,42)(H,38,41)/t22-,24+,26-/m0/s1. The Morgan fingerprint density at radius 3 is 2.65 bits per heavy atom. The largest absolute Gasteiger partial charge is 0.446 e. The van der Waals surface area contributed by atoms with Crippen molar-refractivity contribution < 1.29 is 23.6 Å². The molecule has 2 aromatic carbocycles. The molecule has 43 heavy (non-hydrogen) atoms. The van der Waals surface area contributed by atoms with Gasteiger partial charge in [0.25, 0.3) is 11.8 Å². The molecule has 1 aliphatic rings. The summed E-state index contributed by atoms with van der Waals surface area (Å²) in [6.07, 6.45) is 4.56. The topological polar surface area (TPSA) is 171 Å². The summed E-state index contributed by atoms with van der Waals surface area (Å²) in [6.45, 7) is 4.00. The zero-order valence-corrected chi connectivity index (χ0v) is 24.1. The summed E-state index contributed by atoms with van der Waals surface area (Å²) in [4.78, 5) is 64.7. The summed E-state index contributed by atoms with van der Waals surface area (Å²) >= 11 is 0. The lowest BCUT2D eigenvalue weighted by Gasteiger charge is -2.27. The first-order chi connectivity index (χ1) is 20.8. The van der Waals surface area contributed by atoms with Crippen molar-refractivity contribution in [2.24, 2.45) is 5.92 Å². The van der Waals surface area contributed by atoms with Crippen molar-refractivity contribution in [1.29, 1.82) is 0 Å². The predicted molar refractivity (Wildman–Crippen MR) is 158 cm³/mol. The Balaban J connectivity index is 1.39. The van der Waals surface area contributed by atoms with Crippen LogP contribution in [0.5, 0.6) is 0 Å². The second kappa shape index (κ2) is 13.3. The van der Waals surface area contributed by atoms with E-state index in [4.69, 9.17) is 4.42 Å². The van der Waals surface area contributed by atoms with Crippen molar-refractivity contribution in [3.8, 4) is 0 Å². The maximum Gasteiger partial charge on any atom is 0.273 e. The number of oxazole rings is 1. The molecule has 0 radical (unpaired) electrons. The summed E-state index contributed by atoms with van der Waals surface area (Å²) in [5, 5.41) is 11.5. The summed E-state index contributed by atoms with van der Waals surface area (Å²) in [6, 6.07) is 12.0. The number of hydrogen-bond donors (Lipinski definition) is 5. The van der Waals surface area contributed by atoms with E-state index < -0.39 is 41.8 Å². The minimum Gasteiger partial charge on any atom is -0.446 e. The third-order valence-electron chi connectivity index (χ3n) is 7.41. The van der Waals surface area contributed by atoms with E-state index in [0.29, 0.717) is 43.3 Å². The Kier molecular flexibility index (Phi) is 9.14. The third-order valence-corrected chi connectivity index (χ3v) is 7.41. The molecule has 12 heteroatoms. The highest BCUT2D eigenvalue weighted by Gasteiger charge is 2.32. The summed E-state index contributed by atoms with van der Waals surface area (Å²) < 4.78 is 5.66. The van der Waals surface area contributed by atoms with E-state index in [2.05, 4.69) is 36.2 Å². The number of carbonyl (C=O) groups excluding carboxylic acids is 4. The van der Waals surface area contributed by atoms with Gasteiger partial charge in [0.2, 0.25) is 17.7 Å². The Morgan fingerprint density at radius 2 is 1.86 bits per heavy atom. The van der Waals surface area contributed by atoms with Gasteiger partial charge in [0.05, 0.1) is 17.4 Å². The van der Waals surface area contributed by atoms with E-state index in [9.17, 15) is 19.2 Å². The monoisotopic (exact) mass is 585 g/mol. The molecule has 0 spiro atoms. The number of fused-ring (bicyclic) bond motifs is 3. The Hall–Kier alpha value is -5.00. The molecule has 1 aliphatic heterocycles. The highest BCUT2D eigenvalue weighted by atomic mass is 16.3. The fourth-order valence-corrected chi connectivity index (χ4v) is 5.01. The van der Waals surface area contributed by atoms with Gasteiger partial charge in [0.1, 0.15) is 24.4 Å². The molecule has 3 atom stereocenters. The second-order valence-electron chi connectivity index (χ2n) is 11.0. The van der Waals surface area contributed by atoms with Gasteiger partial charge in [-0.2, -0.15) is 0 Å². The summed E-state index contributed by atoms with van der Waals surface area (Å²) in [5.74, 6) is -1.82. The molecular weight excluding hydrogens is 550 g/mol. The van der Waals surface area contributed by atoms with Crippen molar-refractivity contribution in [3.05, 3.63) is 83.8 Å². The predicted octanol–water partition coefficient (Wildman–Crippen LogP) is 2.80. The van der Waals surface area contributed by atoms with Crippen LogP contribution in [0.3, 0.4) is 0 Å². The SMILES string of the molecule is CC(C)[C@@H]1NC(=O)[C@@H](NC(=O)c2ccc3nc[nH]c3c2)CCCCNC(=O)c2coc(n2)[C@@H](Cc2ccccc2)NC1=O. The number of nitrogens with zero attached hydrogens (tertiary/aromatic N) is 2. The van der Waals surface area contributed by atoms with Gasteiger partial charge in [-0.05, 0) is 48.9 Å². The molecule has 4 amide bonds. The van der Waals surface area contributed by atoms with Gasteiger partial charge in [0.15, 0.2) is 5.69 Å². The van der Waals surface area contributed by atoms with Crippen LogP contribution in [0.15, 0.2) is 65.5 Å². The molecule has 3 heterocycles. The quantitative estimate of drug-likeness (QED) is 0.240. The lowest BCUT2D eigenvalue weighted by atomic mass is 10.00. The third kappa shape index (κ3) is 7.26. The van der Waals surface area contributed by atoms with Crippen molar-refractivity contribution in [3.63, 3.8) is 0 Å². The van der Waals surface area contributed by atoms with Crippen LogP contribution in [0.4, 0.5) is 0 Å². The maximum absolute atomic E-state index is 13.7. The van der Waals surface area contributed by atoms with Crippen LogP contribution in [0, 0.1) is 5.92 Å². The van der Waals surface area contributed by atoms with Crippen LogP contribution >= 0.6 is 0 Å². The van der Waals surface area contributed by atoms with Gasteiger partial charge < -0.3 is 30.7 Å². The first-order valence-corrected chi connectivity index (χ1v) is 14.4. The molecule has 2 bridgehead atoms. The average molecular weight is 586 g/mol. The summed E-state index contributed by atoms with van der Waals surface area (Å²) in [7, 11) is 0. The fourth-order valence-electron chi connectivity index (χ4n) is 5.01. The number of imidazole rings is 1. The lowest BCUT2D eigenvalue weighted by molar-refractivity contribution is -0.131. The number of aromatic amines is 1. The second-order valence-corrected chi connectivity index (χ2v) is 11.0. The molecule has 0 unspecified atom stereocenters. The van der Waals surface area contributed by atoms with Gasteiger partial charge in [0, 0.05) is 18.5 Å². The molecule has 0 fully saturated rings. The van der Waals surface area contributed by atoms with E-state index in [1.807, 2.05) is 44.2 Å². The molecule has 5 N–H and O–H groups in total. The molecule has 0 saturated carbocycles. The van der Waals surface area contributed by atoms with Crippen molar-refractivity contribution >= 4 is 34.7 Å². The van der Waals surface area contributed by atoms with Crippen LogP contribution in [0.25, 0.3) is 11.0 Å². The number of rotatable bonds is 5. The van der Waals surface area contributed by atoms with E-state index >= 15 is 0 Å². The molecule has 0 aliphatic carbocycles. The van der Waals surface area contributed by atoms with E-state index in [1.54, 1.807) is 24.5 Å². The van der Waals surface area contributed by atoms with Gasteiger partial charge >= 0.3 is 0 Å². The first-order valence-electron chi connectivity index (χ1n) is 14.4. The Bertz CT molecular complexity index is 1600. The van der Waals surface area contributed by atoms with Gasteiger partial charge in [-0.1, -0.05) is 44.2 Å². The highest BCUT2D eigenvalue weighted by molar-refractivity contribution is 6.00. The Labute approximate surface area is 248 Å². The number of carbonyl (C=O) groups is 4. The number of hydrogen-bond acceptors (Lipinski definition) is 7. The molecule has 5 rings (SSSR count). The van der Waals surface area contributed by atoms with Crippen LogP contribution < -0.4 is 21.3 Å². The number of amides is 4. The van der Waals surface area contributed by atoms with Gasteiger partial charge in [-0.25, -0.2) is 9.97 Å². The average Bonchev–Trinajstić information content (AvgIpc) is 3.68. The molecule has 12 nitrogen and oxygen atoms in total. The Morgan fingerprint density at radius 1 is 1.05 bits per heavy atom. The van der Waals surface area contributed by atoms with Crippen LogP contribution in [0.2, 0.25) is 0 Å². The molecular formula is C31H35N7O5. The van der Waals surface area contributed by atoms with Gasteiger partial charge in [-0.15, -0.1) is 0 Å². The van der Waals surface area contributed by atoms with Crippen LogP contribution in [-0.4, -0.2) is 57.2 Å². The van der Waals surface area contributed by atoms with Crippen LogP contribution in [-0.2, 0) is 16.0 Å². The number of benzene rings is 2.